The predicted molar refractivity (Wildman–Crippen MR) is 114 cm³/mol. The van der Waals surface area contributed by atoms with Crippen LogP contribution in [0, 0.1) is 6.92 Å². The van der Waals surface area contributed by atoms with Crippen molar-refractivity contribution in [3.8, 4) is 0 Å². The number of pyridine rings is 1. The van der Waals surface area contributed by atoms with E-state index in [-0.39, 0.29) is 5.91 Å². The van der Waals surface area contributed by atoms with Crippen molar-refractivity contribution in [2.75, 3.05) is 23.9 Å². The summed E-state index contributed by atoms with van der Waals surface area (Å²) in [7, 11) is 1.34. The Morgan fingerprint density at radius 2 is 1.83 bits per heavy atom. The number of nitrogens with one attached hydrogen (secondary N) is 1. The molecule has 0 bridgehead atoms. The van der Waals surface area contributed by atoms with Crippen LogP contribution < -0.4 is 10.2 Å². The smallest absolute Gasteiger partial charge is 0.337 e. The van der Waals surface area contributed by atoms with Crippen LogP contribution >= 0.6 is 0 Å². The molecule has 0 aliphatic heterocycles. The van der Waals surface area contributed by atoms with E-state index in [1.807, 2.05) is 44.2 Å². The standard InChI is InChI=1S/C23H23N3O3/c1-4-26(20-10-5-7-16(2)13-20)22(27)18-11-12-21(24-15-18)25-19-9-6-8-17(14-19)23(28)29-3/h5-15H,4H2,1-3H3,(H,24,25). The van der Waals surface area contributed by atoms with Gasteiger partial charge in [0.25, 0.3) is 5.91 Å². The molecule has 3 aromatic rings. The van der Waals surface area contributed by atoms with Gasteiger partial charge in [0, 0.05) is 24.1 Å². The van der Waals surface area contributed by atoms with Crippen molar-refractivity contribution in [3.63, 3.8) is 0 Å². The summed E-state index contributed by atoms with van der Waals surface area (Å²) in [4.78, 5) is 30.6. The van der Waals surface area contributed by atoms with Gasteiger partial charge in [-0.2, -0.15) is 0 Å². The number of benzene rings is 2. The maximum absolute atomic E-state index is 12.9. The van der Waals surface area contributed by atoms with Gasteiger partial charge >= 0.3 is 5.97 Å². The number of hydrogen-bond acceptors (Lipinski definition) is 5. The molecule has 0 spiro atoms. The van der Waals surface area contributed by atoms with Crippen LogP contribution in [0.2, 0.25) is 0 Å². The van der Waals surface area contributed by atoms with Crippen molar-refractivity contribution < 1.29 is 14.3 Å². The quantitative estimate of drug-likeness (QED) is 0.625. The zero-order valence-corrected chi connectivity index (χ0v) is 16.7. The van der Waals surface area contributed by atoms with Gasteiger partial charge in [-0.1, -0.05) is 18.2 Å². The number of nitrogens with zero attached hydrogens (tertiary/aromatic N) is 2. The Kier molecular flexibility index (Phi) is 6.24. The summed E-state index contributed by atoms with van der Waals surface area (Å²) >= 11 is 0. The van der Waals surface area contributed by atoms with E-state index in [2.05, 4.69) is 10.3 Å². The number of rotatable bonds is 6. The molecule has 2 aromatic carbocycles. The molecule has 0 aliphatic carbocycles. The lowest BCUT2D eigenvalue weighted by Gasteiger charge is -2.21. The molecule has 6 nitrogen and oxygen atoms in total. The van der Waals surface area contributed by atoms with Gasteiger partial charge in [-0.3, -0.25) is 4.79 Å². The van der Waals surface area contributed by atoms with Crippen LogP contribution in [-0.2, 0) is 4.74 Å². The van der Waals surface area contributed by atoms with E-state index >= 15 is 0 Å². The number of methoxy groups -OCH3 is 1. The summed E-state index contributed by atoms with van der Waals surface area (Å²) in [6.45, 7) is 4.50. The molecule has 29 heavy (non-hydrogen) atoms. The predicted octanol–water partition coefficient (Wildman–Crippen LogP) is 4.59. The van der Waals surface area contributed by atoms with Gasteiger partial charge in [0.1, 0.15) is 5.82 Å². The van der Waals surface area contributed by atoms with Gasteiger partial charge < -0.3 is 15.0 Å². The van der Waals surface area contributed by atoms with E-state index in [0.29, 0.717) is 29.2 Å². The van der Waals surface area contributed by atoms with E-state index in [1.165, 1.54) is 7.11 Å². The van der Waals surface area contributed by atoms with Gasteiger partial charge in [0.15, 0.2) is 0 Å². The Morgan fingerprint density at radius 1 is 1.03 bits per heavy atom. The SMILES string of the molecule is CCN(C(=O)c1ccc(Nc2cccc(C(=O)OC)c2)nc1)c1cccc(C)c1. The first kappa shape index (κ1) is 20.1. The molecule has 0 radical (unpaired) electrons. The largest absolute Gasteiger partial charge is 0.465 e. The Labute approximate surface area is 170 Å². The minimum atomic E-state index is -0.404. The molecule has 0 saturated heterocycles. The molecule has 0 atom stereocenters. The van der Waals surface area contributed by atoms with Crippen molar-refractivity contribution in [1.29, 1.82) is 0 Å². The van der Waals surface area contributed by atoms with Gasteiger partial charge in [-0.25, -0.2) is 9.78 Å². The van der Waals surface area contributed by atoms with Gasteiger partial charge in [0.2, 0.25) is 0 Å². The topological polar surface area (TPSA) is 71.5 Å². The molecular formula is C23H23N3O3. The Bertz CT molecular complexity index is 1020. The van der Waals surface area contributed by atoms with Crippen molar-refractivity contribution in [1.82, 2.24) is 4.98 Å². The molecule has 1 amide bonds. The number of ether oxygens (including phenoxy) is 1. The molecule has 1 N–H and O–H groups in total. The van der Waals surface area contributed by atoms with Crippen molar-refractivity contribution in [3.05, 3.63) is 83.6 Å². The molecule has 0 fully saturated rings. The third-order valence-electron chi connectivity index (χ3n) is 4.44. The van der Waals surface area contributed by atoms with Gasteiger partial charge in [-0.15, -0.1) is 0 Å². The number of esters is 1. The molecule has 3 rings (SSSR count). The second-order valence-electron chi connectivity index (χ2n) is 6.52. The average molecular weight is 389 g/mol. The fraction of sp³-hybridized carbons (Fsp3) is 0.174. The first-order valence-electron chi connectivity index (χ1n) is 9.32. The van der Waals surface area contributed by atoms with Crippen LogP contribution in [0.5, 0.6) is 0 Å². The summed E-state index contributed by atoms with van der Waals surface area (Å²) < 4.78 is 4.74. The molecule has 6 heteroatoms. The fourth-order valence-corrected chi connectivity index (χ4v) is 2.98. The molecule has 148 valence electrons. The average Bonchev–Trinajstić information content (AvgIpc) is 2.74. The van der Waals surface area contributed by atoms with E-state index in [9.17, 15) is 9.59 Å². The Balaban J connectivity index is 1.76. The number of amides is 1. The third kappa shape index (κ3) is 4.79. The number of hydrogen-bond donors (Lipinski definition) is 1. The second kappa shape index (κ2) is 9.01. The highest BCUT2D eigenvalue weighted by atomic mass is 16.5. The molecule has 1 heterocycles. The monoisotopic (exact) mass is 389 g/mol. The number of anilines is 3. The lowest BCUT2D eigenvalue weighted by Crippen LogP contribution is -2.30. The molecule has 0 unspecified atom stereocenters. The van der Waals surface area contributed by atoms with E-state index in [0.717, 1.165) is 11.3 Å². The number of carbonyl (C=O) groups excluding carboxylic acids is 2. The minimum Gasteiger partial charge on any atom is -0.465 e. The fourth-order valence-electron chi connectivity index (χ4n) is 2.98. The molecule has 0 saturated carbocycles. The van der Waals surface area contributed by atoms with Gasteiger partial charge in [-0.05, 0) is 61.9 Å². The van der Waals surface area contributed by atoms with Crippen LogP contribution in [0.15, 0.2) is 66.9 Å². The van der Waals surface area contributed by atoms with Crippen LogP contribution in [0.4, 0.5) is 17.2 Å². The Hall–Kier alpha value is -3.67. The highest BCUT2D eigenvalue weighted by Gasteiger charge is 2.16. The summed E-state index contributed by atoms with van der Waals surface area (Å²) in [5.41, 5.74) is 3.61. The summed E-state index contributed by atoms with van der Waals surface area (Å²) in [5, 5.41) is 3.13. The lowest BCUT2D eigenvalue weighted by atomic mass is 10.1. The van der Waals surface area contributed by atoms with Crippen molar-refractivity contribution in [2.45, 2.75) is 13.8 Å². The van der Waals surface area contributed by atoms with Crippen LogP contribution in [-0.4, -0.2) is 30.5 Å². The zero-order chi connectivity index (χ0) is 20.8. The summed E-state index contributed by atoms with van der Waals surface area (Å²) in [6, 6.07) is 18.3. The molecule has 0 aliphatic rings. The highest BCUT2D eigenvalue weighted by molar-refractivity contribution is 6.06. The molecule has 1 aromatic heterocycles. The van der Waals surface area contributed by atoms with Crippen LogP contribution in [0.25, 0.3) is 0 Å². The summed E-state index contributed by atoms with van der Waals surface area (Å²) in [6.07, 6.45) is 1.55. The van der Waals surface area contributed by atoms with Crippen molar-refractivity contribution in [2.24, 2.45) is 0 Å². The van der Waals surface area contributed by atoms with Crippen molar-refractivity contribution >= 4 is 29.1 Å². The minimum absolute atomic E-state index is 0.107. The maximum atomic E-state index is 12.9. The Morgan fingerprint density at radius 3 is 2.48 bits per heavy atom. The van der Waals surface area contributed by atoms with E-state index in [1.54, 1.807) is 41.4 Å². The summed E-state index contributed by atoms with van der Waals surface area (Å²) in [5.74, 6) is 0.0605. The lowest BCUT2D eigenvalue weighted by molar-refractivity contribution is 0.0600. The first-order valence-corrected chi connectivity index (χ1v) is 9.32. The number of aryl methyl sites for hydroxylation is 1. The maximum Gasteiger partial charge on any atom is 0.337 e. The third-order valence-corrected chi connectivity index (χ3v) is 4.44. The number of carbonyl (C=O) groups is 2. The van der Waals surface area contributed by atoms with Crippen LogP contribution in [0.3, 0.4) is 0 Å². The van der Waals surface area contributed by atoms with E-state index in [4.69, 9.17) is 4.74 Å². The zero-order valence-electron chi connectivity index (χ0n) is 16.7. The highest BCUT2D eigenvalue weighted by Crippen LogP contribution is 2.20. The van der Waals surface area contributed by atoms with E-state index < -0.39 is 5.97 Å². The number of aromatic nitrogens is 1. The van der Waals surface area contributed by atoms with Crippen LogP contribution in [0.1, 0.15) is 33.2 Å². The van der Waals surface area contributed by atoms with Gasteiger partial charge in [0.05, 0.1) is 18.2 Å². The molecular weight excluding hydrogens is 366 g/mol. The normalized spacial score (nSPS) is 10.3. The second-order valence-corrected chi connectivity index (χ2v) is 6.52. The first-order chi connectivity index (χ1) is 14.0.